The summed E-state index contributed by atoms with van der Waals surface area (Å²) in [5.41, 5.74) is 0.763. The van der Waals surface area contributed by atoms with Crippen LogP contribution in [0.5, 0.6) is 0 Å². The van der Waals surface area contributed by atoms with Crippen molar-refractivity contribution in [2.45, 2.75) is 19.4 Å². The van der Waals surface area contributed by atoms with Crippen LogP contribution < -0.4 is 5.32 Å². The molecular formula is C15H19ClN2O4S. The van der Waals surface area contributed by atoms with Crippen LogP contribution in [-0.4, -0.2) is 55.8 Å². The zero-order chi connectivity index (χ0) is 17.0. The van der Waals surface area contributed by atoms with Crippen LogP contribution >= 0.6 is 11.6 Å². The molecule has 126 valence electrons. The summed E-state index contributed by atoms with van der Waals surface area (Å²) >= 11 is 5.87. The summed E-state index contributed by atoms with van der Waals surface area (Å²) in [5.74, 6) is -0.596. The Hall–Kier alpha value is -1.60. The molecule has 0 unspecified atom stereocenters. The molecule has 0 saturated carbocycles. The van der Waals surface area contributed by atoms with Crippen molar-refractivity contribution in [1.29, 1.82) is 0 Å². The highest BCUT2D eigenvalue weighted by Gasteiger charge is 2.28. The average Bonchev–Trinajstić information content (AvgIpc) is 2.46. The number of benzene rings is 1. The third-order valence-electron chi connectivity index (χ3n) is 3.66. The van der Waals surface area contributed by atoms with Crippen molar-refractivity contribution in [2.24, 2.45) is 0 Å². The average molecular weight is 359 g/mol. The molecule has 2 rings (SSSR count). The van der Waals surface area contributed by atoms with Crippen LogP contribution in [0.25, 0.3) is 0 Å². The zero-order valence-corrected chi connectivity index (χ0v) is 14.4. The summed E-state index contributed by atoms with van der Waals surface area (Å²) in [6.45, 7) is 1.95. The molecular weight excluding hydrogens is 340 g/mol. The van der Waals surface area contributed by atoms with Gasteiger partial charge in [-0.1, -0.05) is 23.7 Å². The van der Waals surface area contributed by atoms with Gasteiger partial charge in [-0.2, -0.15) is 0 Å². The first kappa shape index (κ1) is 17.7. The zero-order valence-electron chi connectivity index (χ0n) is 12.8. The molecule has 0 spiro atoms. The third kappa shape index (κ3) is 5.21. The monoisotopic (exact) mass is 358 g/mol. The Balaban J connectivity index is 1.87. The van der Waals surface area contributed by atoms with Crippen molar-refractivity contribution in [3.05, 3.63) is 34.9 Å². The highest BCUT2D eigenvalue weighted by Crippen LogP contribution is 2.11. The Morgan fingerprint density at radius 1 is 1.30 bits per heavy atom. The molecule has 8 heteroatoms. The van der Waals surface area contributed by atoms with Gasteiger partial charge in [0.15, 0.2) is 9.84 Å². The van der Waals surface area contributed by atoms with E-state index < -0.39 is 15.9 Å². The van der Waals surface area contributed by atoms with Gasteiger partial charge in [-0.3, -0.25) is 9.59 Å². The molecule has 1 aliphatic rings. The summed E-state index contributed by atoms with van der Waals surface area (Å²) in [4.78, 5) is 25.7. The molecule has 23 heavy (non-hydrogen) atoms. The molecule has 2 amide bonds. The maximum atomic E-state index is 12.2. The van der Waals surface area contributed by atoms with Gasteiger partial charge in [0.2, 0.25) is 11.8 Å². The van der Waals surface area contributed by atoms with E-state index in [4.69, 9.17) is 11.6 Å². The van der Waals surface area contributed by atoms with Crippen LogP contribution in [0.2, 0.25) is 5.02 Å². The topological polar surface area (TPSA) is 83.6 Å². The smallest absolute Gasteiger partial charge is 0.244 e. The Labute approximate surface area is 140 Å². The van der Waals surface area contributed by atoms with E-state index in [0.29, 0.717) is 5.02 Å². The van der Waals surface area contributed by atoms with Crippen LogP contribution in [0.1, 0.15) is 12.5 Å². The highest BCUT2D eigenvalue weighted by molar-refractivity contribution is 7.91. The quantitative estimate of drug-likeness (QED) is 0.856. The Bertz CT molecular complexity index is 691. The number of nitrogens with one attached hydrogen (secondary N) is 1. The summed E-state index contributed by atoms with van der Waals surface area (Å²) in [6, 6.07) is 6.27. The summed E-state index contributed by atoms with van der Waals surface area (Å²) in [5, 5.41) is 3.19. The number of hydrogen-bond donors (Lipinski definition) is 1. The van der Waals surface area contributed by atoms with Crippen LogP contribution in [0.15, 0.2) is 24.3 Å². The fourth-order valence-corrected chi connectivity index (χ4v) is 3.81. The van der Waals surface area contributed by atoms with Crippen LogP contribution in [0, 0.1) is 0 Å². The molecule has 1 aromatic carbocycles. The van der Waals surface area contributed by atoms with E-state index >= 15 is 0 Å². The standard InChI is InChI=1S/C15H19ClN2O4S/c1-11(15(20)18-5-7-23(21,22)8-6-18)17-14(19)10-12-3-2-4-13(16)9-12/h2-4,9,11H,5-8,10H2,1H3,(H,17,19)/t11-/m0/s1. The van der Waals surface area contributed by atoms with Crippen LogP contribution in [0.3, 0.4) is 0 Å². The van der Waals surface area contributed by atoms with Gasteiger partial charge in [-0.15, -0.1) is 0 Å². The van der Waals surface area contributed by atoms with Crippen molar-refractivity contribution in [2.75, 3.05) is 24.6 Å². The summed E-state index contributed by atoms with van der Waals surface area (Å²) in [6.07, 6.45) is 0.132. The van der Waals surface area contributed by atoms with Gasteiger partial charge in [-0.25, -0.2) is 8.42 Å². The molecule has 1 heterocycles. The first-order valence-corrected chi connectivity index (χ1v) is 9.50. The van der Waals surface area contributed by atoms with Gasteiger partial charge in [-0.05, 0) is 24.6 Å². The second kappa shape index (κ2) is 7.31. The van der Waals surface area contributed by atoms with Gasteiger partial charge in [0, 0.05) is 18.1 Å². The Kier molecular flexibility index (Phi) is 5.64. The van der Waals surface area contributed by atoms with E-state index in [1.165, 1.54) is 4.90 Å². The van der Waals surface area contributed by atoms with Gasteiger partial charge in [0.25, 0.3) is 0 Å². The van der Waals surface area contributed by atoms with Crippen LogP contribution in [-0.2, 0) is 25.8 Å². The number of carbonyl (C=O) groups excluding carboxylic acids is 2. The minimum atomic E-state index is -3.04. The maximum absolute atomic E-state index is 12.2. The Morgan fingerprint density at radius 2 is 1.96 bits per heavy atom. The number of rotatable bonds is 4. The first-order chi connectivity index (χ1) is 10.8. The fourth-order valence-electron chi connectivity index (χ4n) is 2.39. The number of sulfone groups is 1. The van der Waals surface area contributed by atoms with Crippen molar-refractivity contribution < 1.29 is 18.0 Å². The predicted molar refractivity (Wildman–Crippen MR) is 88.0 cm³/mol. The van der Waals surface area contributed by atoms with E-state index in [2.05, 4.69) is 5.32 Å². The number of amides is 2. The number of halogens is 1. The van der Waals surface area contributed by atoms with Crippen LogP contribution in [0.4, 0.5) is 0 Å². The molecule has 0 aromatic heterocycles. The lowest BCUT2D eigenvalue weighted by Crippen LogP contribution is -2.51. The normalized spacial score (nSPS) is 18.3. The minimum Gasteiger partial charge on any atom is -0.344 e. The second-order valence-corrected chi connectivity index (χ2v) is 8.31. The molecule has 1 aromatic rings. The van der Waals surface area contributed by atoms with Crippen molar-refractivity contribution >= 4 is 33.3 Å². The van der Waals surface area contributed by atoms with Gasteiger partial charge in [0.1, 0.15) is 6.04 Å². The highest BCUT2D eigenvalue weighted by atomic mass is 35.5. The second-order valence-electron chi connectivity index (χ2n) is 5.57. The molecule has 1 aliphatic heterocycles. The SMILES string of the molecule is C[C@H](NC(=O)Cc1cccc(Cl)c1)C(=O)N1CCS(=O)(=O)CC1. The largest absolute Gasteiger partial charge is 0.344 e. The third-order valence-corrected chi connectivity index (χ3v) is 5.50. The van der Waals surface area contributed by atoms with Gasteiger partial charge in [0.05, 0.1) is 17.9 Å². The molecule has 1 N–H and O–H groups in total. The first-order valence-electron chi connectivity index (χ1n) is 7.30. The maximum Gasteiger partial charge on any atom is 0.244 e. The van der Waals surface area contributed by atoms with E-state index in [1.54, 1.807) is 31.2 Å². The van der Waals surface area contributed by atoms with Crippen molar-refractivity contribution in [1.82, 2.24) is 10.2 Å². The van der Waals surface area contributed by atoms with E-state index in [1.807, 2.05) is 0 Å². The predicted octanol–water partition coefficient (Wildman–Crippen LogP) is 0.644. The molecule has 6 nitrogen and oxygen atoms in total. The lowest BCUT2D eigenvalue weighted by molar-refractivity contribution is -0.135. The molecule has 0 aliphatic carbocycles. The van der Waals surface area contributed by atoms with E-state index in [9.17, 15) is 18.0 Å². The number of nitrogens with zero attached hydrogens (tertiary/aromatic N) is 1. The summed E-state index contributed by atoms with van der Waals surface area (Å²) in [7, 11) is -3.04. The van der Waals surface area contributed by atoms with E-state index in [0.717, 1.165) is 5.56 Å². The minimum absolute atomic E-state index is 0.0259. The number of hydrogen-bond acceptors (Lipinski definition) is 4. The molecule has 1 fully saturated rings. The molecule has 0 bridgehead atoms. The fraction of sp³-hybridized carbons (Fsp3) is 0.467. The summed E-state index contributed by atoms with van der Waals surface area (Å²) < 4.78 is 22.8. The number of carbonyl (C=O) groups is 2. The lowest BCUT2D eigenvalue weighted by Gasteiger charge is -2.29. The molecule has 1 atom stereocenters. The Morgan fingerprint density at radius 3 is 2.57 bits per heavy atom. The van der Waals surface area contributed by atoms with Gasteiger partial charge < -0.3 is 10.2 Å². The van der Waals surface area contributed by atoms with Crippen molar-refractivity contribution in [3.8, 4) is 0 Å². The van der Waals surface area contributed by atoms with Crippen molar-refractivity contribution in [3.63, 3.8) is 0 Å². The van der Waals surface area contributed by atoms with E-state index in [-0.39, 0.29) is 42.8 Å². The molecule has 0 radical (unpaired) electrons. The lowest BCUT2D eigenvalue weighted by atomic mass is 10.1. The van der Waals surface area contributed by atoms with Gasteiger partial charge >= 0.3 is 0 Å². The molecule has 1 saturated heterocycles.